The van der Waals surface area contributed by atoms with Crippen molar-refractivity contribution in [1.29, 1.82) is 0 Å². The Kier molecular flexibility index (Phi) is 5.92. The summed E-state index contributed by atoms with van der Waals surface area (Å²) in [5.41, 5.74) is 0.427. The lowest BCUT2D eigenvalue weighted by Gasteiger charge is -1.97. The summed E-state index contributed by atoms with van der Waals surface area (Å²) in [6.45, 7) is 0. The number of rotatable bonds is 5. The maximum Gasteiger partial charge on any atom is 0.288 e. The third-order valence-electron chi connectivity index (χ3n) is 0.958. The van der Waals surface area contributed by atoms with Crippen molar-refractivity contribution in [3.05, 3.63) is 0 Å². The van der Waals surface area contributed by atoms with E-state index in [0.29, 0.717) is 11.0 Å². The molecule has 0 saturated heterocycles. The third-order valence-corrected chi connectivity index (χ3v) is 1.82. The maximum absolute atomic E-state index is 10.7. The lowest BCUT2D eigenvalue weighted by molar-refractivity contribution is -0.131. The molecule has 12 heavy (non-hydrogen) atoms. The number of hydrogen-bond donors (Lipinski definition) is 0. The predicted octanol–water partition coefficient (Wildman–Crippen LogP) is 1.11. The van der Waals surface area contributed by atoms with Crippen LogP contribution in [0.25, 0.3) is 0 Å². The Morgan fingerprint density at radius 2 is 2.17 bits per heavy atom. The number of carbonyl (C=O) groups is 2. The summed E-state index contributed by atoms with van der Waals surface area (Å²) < 4.78 is 0. The van der Waals surface area contributed by atoms with Gasteiger partial charge in [-0.05, 0) is 11.6 Å². The van der Waals surface area contributed by atoms with E-state index in [-0.39, 0.29) is 6.42 Å². The molecule has 68 valence electrons. The van der Waals surface area contributed by atoms with Gasteiger partial charge in [-0.2, -0.15) is 0 Å². The van der Waals surface area contributed by atoms with Crippen LogP contribution in [0.3, 0.4) is 0 Å². The molecule has 0 rings (SSSR count). The Labute approximate surface area is 83.0 Å². The zero-order chi connectivity index (χ0) is 9.56. The summed E-state index contributed by atoms with van der Waals surface area (Å²) in [5, 5.41) is 2.89. The first-order valence-electron chi connectivity index (χ1n) is 2.99. The number of halogens is 2. The van der Waals surface area contributed by atoms with Crippen molar-refractivity contribution < 1.29 is 14.4 Å². The fraction of sp³-hybridized carbons (Fsp3) is 0.500. The molecule has 0 spiro atoms. The second-order valence-electron chi connectivity index (χ2n) is 1.85. The van der Waals surface area contributed by atoms with Crippen molar-refractivity contribution in [3.8, 4) is 0 Å². The summed E-state index contributed by atoms with van der Waals surface area (Å²) in [5.74, 6) is -0.688. The minimum absolute atomic E-state index is 0.110. The van der Waals surface area contributed by atoms with E-state index in [9.17, 15) is 9.59 Å². The SMILES string of the molecule is CON=C(CBr)CC(=O)C(=O)Cl. The topological polar surface area (TPSA) is 55.7 Å². The minimum atomic E-state index is -0.986. The summed E-state index contributed by atoms with van der Waals surface area (Å²) >= 11 is 8.01. The quantitative estimate of drug-likeness (QED) is 0.243. The Bertz CT molecular complexity index is 217. The summed E-state index contributed by atoms with van der Waals surface area (Å²) in [6, 6.07) is 0. The van der Waals surface area contributed by atoms with E-state index in [1.165, 1.54) is 7.11 Å². The monoisotopic (exact) mass is 255 g/mol. The highest BCUT2D eigenvalue weighted by Gasteiger charge is 2.13. The van der Waals surface area contributed by atoms with Crippen LogP contribution in [-0.4, -0.2) is 29.2 Å². The van der Waals surface area contributed by atoms with Gasteiger partial charge in [0.2, 0.25) is 5.78 Å². The normalized spacial score (nSPS) is 11.1. The van der Waals surface area contributed by atoms with Gasteiger partial charge in [-0.1, -0.05) is 21.1 Å². The van der Waals surface area contributed by atoms with Crippen LogP contribution in [0.2, 0.25) is 0 Å². The molecule has 0 bridgehead atoms. The zero-order valence-electron chi connectivity index (χ0n) is 6.34. The Morgan fingerprint density at radius 1 is 1.58 bits per heavy atom. The zero-order valence-corrected chi connectivity index (χ0v) is 8.68. The minimum Gasteiger partial charge on any atom is -0.399 e. The van der Waals surface area contributed by atoms with Gasteiger partial charge in [0, 0.05) is 5.33 Å². The number of nitrogens with zero attached hydrogens (tertiary/aromatic N) is 1. The third kappa shape index (κ3) is 4.46. The van der Waals surface area contributed by atoms with Gasteiger partial charge >= 0.3 is 0 Å². The van der Waals surface area contributed by atoms with Gasteiger partial charge in [0.15, 0.2) is 0 Å². The molecule has 0 N–H and O–H groups in total. The van der Waals surface area contributed by atoms with Crippen molar-refractivity contribution in [2.45, 2.75) is 6.42 Å². The van der Waals surface area contributed by atoms with Crippen molar-refractivity contribution in [2.24, 2.45) is 5.16 Å². The van der Waals surface area contributed by atoms with Crippen LogP contribution in [0.1, 0.15) is 6.42 Å². The fourth-order valence-electron chi connectivity index (χ4n) is 0.488. The van der Waals surface area contributed by atoms with Crippen LogP contribution in [0.4, 0.5) is 0 Å². The Balaban J connectivity index is 4.12. The molecule has 0 aliphatic heterocycles. The van der Waals surface area contributed by atoms with Crippen LogP contribution >= 0.6 is 27.5 Å². The predicted molar refractivity (Wildman–Crippen MR) is 48.7 cm³/mol. The van der Waals surface area contributed by atoms with E-state index in [4.69, 9.17) is 11.6 Å². The van der Waals surface area contributed by atoms with Crippen LogP contribution in [-0.2, 0) is 14.4 Å². The first kappa shape index (κ1) is 11.6. The van der Waals surface area contributed by atoms with E-state index in [1.807, 2.05) is 0 Å². The van der Waals surface area contributed by atoms with Crippen LogP contribution in [0.15, 0.2) is 5.16 Å². The van der Waals surface area contributed by atoms with Crippen molar-refractivity contribution >= 4 is 44.3 Å². The van der Waals surface area contributed by atoms with Crippen LogP contribution in [0.5, 0.6) is 0 Å². The molecule has 0 radical (unpaired) electrons. The molecule has 0 heterocycles. The molecule has 0 aromatic carbocycles. The van der Waals surface area contributed by atoms with E-state index >= 15 is 0 Å². The Hall–Kier alpha value is -0.420. The molecule has 4 nitrogen and oxygen atoms in total. The van der Waals surface area contributed by atoms with Gasteiger partial charge in [-0.25, -0.2) is 0 Å². The molecule has 0 aromatic rings. The van der Waals surface area contributed by atoms with Crippen molar-refractivity contribution in [3.63, 3.8) is 0 Å². The van der Waals surface area contributed by atoms with Crippen LogP contribution in [0, 0.1) is 0 Å². The molecule has 0 aromatic heterocycles. The highest BCUT2D eigenvalue weighted by molar-refractivity contribution is 9.09. The average Bonchev–Trinajstić information content (AvgIpc) is 2.03. The second-order valence-corrected chi connectivity index (χ2v) is 2.75. The van der Waals surface area contributed by atoms with E-state index < -0.39 is 11.0 Å². The molecule has 6 heteroatoms. The average molecular weight is 256 g/mol. The molecular formula is C6H7BrClNO3. The van der Waals surface area contributed by atoms with E-state index in [1.54, 1.807) is 0 Å². The van der Waals surface area contributed by atoms with Gasteiger partial charge in [-0.15, -0.1) is 0 Å². The first-order valence-corrected chi connectivity index (χ1v) is 4.49. The number of oxime groups is 1. The number of carbonyl (C=O) groups excluding carboxylic acids is 2. The van der Waals surface area contributed by atoms with Gasteiger partial charge in [-0.3, -0.25) is 9.59 Å². The summed E-state index contributed by atoms with van der Waals surface area (Å²) in [6.07, 6.45) is -0.110. The van der Waals surface area contributed by atoms with Gasteiger partial charge in [0.05, 0.1) is 12.1 Å². The molecule has 0 aliphatic rings. The Morgan fingerprint density at radius 3 is 2.50 bits per heavy atom. The molecule has 0 saturated carbocycles. The van der Waals surface area contributed by atoms with E-state index in [2.05, 4.69) is 25.9 Å². The molecule has 0 fully saturated rings. The molecular weight excluding hydrogens is 249 g/mol. The molecule has 0 aliphatic carbocycles. The van der Waals surface area contributed by atoms with Gasteiger partial charge in [0.1, 0.15) is 7.11 Å². The van der Waals surface area contributed by atoms with Gasteiger partial charge in [0.25, 0.3) is 5.24 Å². The summed E-state index contributed by atoms with van der Waals surface area (Å²) in [4.78, 5) is 25.5. The number of ketones is 1. The number of alkyl halides is 1. The lowest BCUT2D eigenvalue weighted by Crippen LogP contribution is -2.14. The first-order chi connectivity index (χ1) is 5.61. The van der Waals surface area contributed by atoms with Crippen molar-refractivity contribution in [1.82, 2.24) is 0 Å². The molecule has 0 unspecified atom stereocenters. The fourth-order valence-corrected chi connectivity index (χ4v) is 0.855. The maximum atomic E-state index is 10.7. The number of hydrogen-bond acceptors (Lipinski definition) is 4. The smallest absolute Gasteiger partial charge is 0.288 e. The van der Waals surface area contributed by atoms with E-state index in [0.717, 1.165) is 0 Å². The molecule has 0 amide bonds. The second kappa shape index (κ2) is 6.14. The largest absolute Gasteiger partial charge is 0.399 e. The number of Topliss-reactive ketones (excluding diaryl/α,β-unsaturated/α-hetero) is 1. The summed E-state index contributed by atoms with van der Waals surface area (Å²) in [7, 11) is 1.36. The van der Waals surface area contributed by atoms with Crippen LogP contribution < -0.4 is 0 Å². The lowest BCUT2D eigenvalue weighted by atomic mass is 10.2. The van der Waals surface area contributed by atoms with Crippen molar-refractivity contribution in [2.75, 3.05) is 12.4 Å². The van der Waals surface area contributed by atoms with Gasteiger partial charge < -0.3 is 4.84 Å². The highest BCUT2D eigenvalue weighted by atomic mass is 79.9. The highest BCUT2D eigenvalue weighted by Crippen LogP contribution is 1.97. The molecule has 0 atom stereocenters. The standard InChI is InChI=1S/C6H7BrClNO3/c1-12-9-4(3-7)2-5(10)6(8)11/h2-3H2,1H3.